The lowest BCUT2D eigenvalue weighted by Crippen LogP contribution is -2.12. The van der Waals surface area contributed by atoms with E-state index in [1.165, 1.54) is 31.1 Å². The van der Waals surface area contributed by atoms with Gasteiger partial charge in [-0.15, -0.1) is 0 Å². The van der Waals surface area contributed by atoms with Gasteiger partial charge in [-0.2, -0.15) is 0 Å². The molecule has 0 aromatic heterocycles. The van der Waals surface area contributed by atoms with Gasteiger partial charge in [-0.05, 0) is 73.5 Å². The molecule has 0 amide bonds. The van der Waals surface area contributed by atoms with E-state index in [0.29, 0.717) is 0 Å². The lowest BCUT2D eigenvalue weighted by molar-refractivity contribution is 0.281. The van der Waals surface area contributed by atoms with Crippen molar-refractivity contribution in [3.8, 4) is 0 Å². The van der Waals surface area contributed by atoms with Crippen molar-refractivity contribution in [1.82, 2.24) is 0 Å². The first-order valence-corrected chi connectivity index (χ1v) is 10.4. The molecule has 0 nitrogen and oxygen atoms in total. The summed E-state index contributed by atoms with van der Waals surface area (Å²) < 4.78 is 0. The van der Waals surface area contributed by atoms with E-state index in [-0.39, 0.29) is 0 Å². The molecule has 0 N–H and O–H groups in total. The van der Waals surface area contributed by atoms with Crippen molar-refractivity contribution >= 4 is 0 Å². The van der Waals surface area contributed by atoms with Crippen LogP contribution in [0.25, 0.3) is 0 Å². The van der Waals surface area contributed by atoms with Gasteiger partial charge >= 0.3 is 0 Å². The topological polar surface area (TPSA) is 0 Å². The van der Waals surface area contributed by atoms with Crippen LogP contribution in [0.1, 0.15) is 107 Å². The molecule has 2 bridgehead atoms. The van der Waals surface area contributed by atoms with Crippen molar-refractivity contribution in [3.05, 3.63) is 0 Å². The molecule has 0 aliphatic heterocycles. The molecule has 5 aliphatic carbocycles. The van der Waals surface area contributed by atoms with Gasteiger partial charge in [0, 0.05) is 0 Å². The summed E-state index contributed by atoms with van der Waals surface area (Å²) >= 11 is 0. The van der Waals surface area contributed by atoms with E-state index in [4.69, 9.17) is 0 Å². The van der Waals surface area contributed by atoms with Crippen LogP contribution in [0.15, 0.2) is 0 Å². The van der Waals surface area contributed by atoms with Gasteiger partial charge in [-0.25, -0.2) is 0 Å². The van der Waals surface area contributed by atoms with Gasteiger partial charge < -0.3 is 0 Å². The monoisotopic (exact) mass is 310 g/mol. The summed E-state index contributed by atoms with van der Waals surface area (Å²) in [4.78, 5) is 0. The normalized spacial score (nSPS) is 37.9. The Balaban J connectivity index is 0.000000274. The fourth-order valence-electron chi connectivity index (χ4n) is 3.71. The summed E-state index contributed by atoms with van der Waals surface area (Å²) in [6, 6.07) is 0. The molecule has 22 heavy (non-hydrogen) atoms. The Kier molecular flexibility index (Phi) is 10.7. The molecule has 5 aliphatic rings. The van der Waals surface area contributed by atoms with Crippen LogP contribution in [0, 0.1) is 35.0 Å². The second kappa shape index (κ2) is 10.7. The van der Waals surface area contributed by atoms with Crippen molar-refractivity contribution in [1.29, 1.82) is 0 Å². The van der Waals surface area contributed by atoms with Crippen LogP contribution >= 0.6 is 0 Å². The molecule has 0 heteroatoms. The van der Waals surface area contributed by atoms with Crippen LogP contribution in [0.4, 0.5) is 0 Å². The van der Waals surface area contributed by atoms with Gasteiger partial charge in [0.25, 0.3) is 0 Å². The summed E-state index contributed by atoms with van der Waals surface area (Å²) in [7, 11) is 0. The molecule has 5 rings (SSSR count). The van der Waals surface area contributed by atoms with E-state index in [0.717, 1.165) is 23.2 Å². The summed E-state index contributed by atoms with van der Waals surface area (Å²) in [5, 5.41) is 0. The molecule has 3 unspecified atom stereocenters. The van der Waals surface area contributed by atoms with Gasteiger partial charge in [0.05, 0.1) is 0 Å². The quantitative estimate of drug-likeness (QED) is 0.460. The van der Waals surface area contributed by atoms with Crippen LogP contribution in [-0.4, -0.2) is 0 Å². The van der Waals surface area contributed by atoms with Crippen LogP contribution in [0.5, 0.6) is 0 Å². The molecule has 0 saturated heterocycles. The summed E-state index contributed by atoms with van der Waals surface area (Å²) in [5.74, 6) is 5.47. The fraction of sp³-hybridized carbons (Fsp3) is 1.00. The predicted molar refractivity (Wildman–Crippen MR) is 103 cm³/mol. The number of rotatable bonds is 1. The second-order valence-corrected chi connectivity index (χ2v) is 8.21. The van der Waals surface area contributed by atoms with Crippen molar-refractivity contribution in [2.75, 3.05) is 0 Å². The zero-order valence-corrected chi connectivity index (χ0v) is 17.3. The Hall–Kier alpha value is 0. The molecule has 5 fully saturated rings. The van der Waals surface area contributed by atoms with E-state index in [1.54, 1.807) is 25.7 Å². The molecule has 134 valence electrons. The van der Waals surface area contributed by atoms with Crippen LogP contribution in [0.3, 0.4) is 0 Å². The summed E-state index contributed by atoms with van der Waals surface area (Å²) in [6.45, 7) is 19.4. The zero-order valence-electron chi connectivity index (χ0n) is 17.3. The maximum Gasteiger partial charge on any atom is -0.0294 e. The van der Waals surface area contributed by atoms with Gasteiger partial charge in [-0.3, -0.25) is 0 Å². The molecule has 0 aromatic rings. The highest BCUT2D eigenvalue weighted by molar-refractivity contribution is 5.07. The highest BCUT2D eigenvalue weighted by Gasteiger charge is 2.56. The Morgan fingerprint density at radius 2 is 1.45 bits per heavy atom. The van der Waals surface area contributed by atoms with Gasteiger partial charge in [0.1, 0.15) is 0 Å². The van der Waals surface area contributed by atoms with Crippen molar-refractivity contribution < 1.29 is 0 Å². The molecular weight excluding hydrogens is 264 g/mol. The minimum Gasteiger partial charge on any atom is -0.0683 e. The summed E-state index contributed by atoms with van der Waals surface area (Å²) in [6.07, 6.45) is 10.6. The van der Waals surface area contributed by atoms with Crippen molar-refractivity contribution in [2.45, 2.75) is 107 Å². The Morgan fingerprint density at radius 1 is 1.00 bits per heavy atom. The zero-order chi connectivity index (χ0) is 17.3. The van der Waals surface area contributed by atoms with E-state index in [2.05, 4.69) is 34.6 Å². The number of fused-ring (bicyclic) bond motifs is 2. The Bertz CT molecular complexity index is 257. The Labute approximate surface area is 142 Å². The molecule has 0 radical (unpaired) electrons. The molecule has 3 atom stereocenters. The smallest absolute Gasteiger partial charge is 0.0294 e. The minimum atomic E-state index is 0.884. The maximum absolute atomic E-state index is 2.40. The van der Waals surface area contributed by atoms with E-state index in [1.807, 2.05) is 27.7 Å². The largest absolute Gasteiger partial charge is 0.0683 e. The van der Waals surface area contributed by atoms with Gasteiger partial charge in [-0.1, -0.05) is 68.7 Å². The number of hydrogen-bond donors (Lipinski definition) is 0. The SMILES string of the molecule is CC.CC.CC12CCC1C2.CC1CC2CC1C2.CCC(C)C. The van der Waals surface area contributed by atoms with E-state index < -0.39 is 0 Å². The molecule has 0 aromatic carbocycles. The predicted octanol–water partition coefficient (Wildman–Crippen LogP) is 7.96. The molecule has 0 heterocycles. The fourth-order valence-corrected chi connectivity index (χ4v) is 3.71. The van der Waals surface area contributed by atoms with Crippen LogP contribution in [0.2, 0.25) is 0 Å². The molecule has 5 saturated carbocycles. The molecular formula is C22H46. The van der Waals surface area contributed by atoms with E-state index >= 15 is 0 Å². The number of hydrogen-bond acceptors (Lipinski definition) is 0. The van der Waals surface area contributed by atoms with Gasteiger partial charge in [0.15, 0.2) is 0 Å². The average molecular weight is 311 g/mol. The lowest BCUT2D eigenvalue weighted by Gasteiger charge is -2.23. The van der Waals surface area contributed by atoms with Crippen LogP contribution in [-0.2, 0) is 0 Å². The maximum atomic E-state index is 2.40. The van der Waals surface area contributed by atoms with Crippen LogP contribution < -0.4 is 0 Å². The highest BCUT2D eigenvalue weighted by Crippen LogP contribution is 2.67. The van der Waals surface area contributed by atoms with E-state index in [9.17, 15) is 0 Å². The first-order valence-electron chi connectivity index (χ1n) is 10.4. The second-order valence-electron chi connectivity index (χ2n) is 8.21. The van der Waals surface area contributed by atoms with Crippen molar-refractivity contribution in [3.63, 3.8) is 0 Å². The molecule has 0 spiro atoms. The lowest BCUT2D eigenvalue weighted by atomic mass is 9.83. The highest BCUT2D eigenvalue weighted by atomic mass is 14.6. The van der Waals surface area contributed by atoms with Crippen molar-refractivity contribution in [2.24, 2.45) is 35.0 Å². The third-order valence-electron chi connectivity index (χ3n) is 6.20. The average Bonchev–Trinajstić information content (AvgIpc) is 2.87. The Morgan fingerprint density at radius 3 is 1.50 bits per heavy atom. The first-order chi connectivity index (χ1) is 10.4. The van der Waals surface area contributed by atoms with Gasteiger partial charge in [0.2, 0.25) is 0 Å². The summed E-state index contributed by atoms with van der Waals surface area (Å²) in [5.41, 5.74) is 0.889. The first kappa shape index (κ1) is 22.0. The minimum absolute atomic E-state index is 0.884. The third-order valence-corrected chi connectivity index (χ3v) is 6.20. The standard InChI is InChI=1S/C7H12.C6H10.C5H12.2C2H6/c1-5-2-6-3-7(5)4-6;1-6-3-2-5(6)4-6;1-4-5(2)3;2*1-2/h5-7H,2-4H2,1H3;5H,2-4H2,1H3;5H,4H2,1-3H3;2*1-2H3. The third kappa shape index (κ3) is 6.63.